The molecule has 2 N–H and O–H groups in total. The number of nitrogens with zero attached hydrogens (tertiary/aromatic N) is 2. The number of nitrogens with one attached hydrogen (secondary N) is 1. The molecule has 8 heteroatoms. The zero-order valence-electron chi connectivity index (χ0n) is 10.8. The molecule has 1 atom stereocenters. The van der Waals surface area contributed by atoms with Gasteiger partial charge >= 0.3 is 6.18 Å². The summed E-state index contributed by atoms with van der Waals surface area (Å²) in [6, 6.07) is 5.24. The topological polar surface area (TPSA) is 50.1 Å². The summed E-state index contributed by atoms with van der Waals surface area (Å²) in [6.45, 7) is 0.346. The number of aliphatic hydroxyl groups is 1. The van der Waals surface area contributed by atoms with Gasteiger partial charge in [-0.05, 0) is 24.3 Å². The minimum atomic E-state index is -4.51. The Bertz CT molecular complexity index is 587. The molecule has 0 radical (unpaired) electrons. The first-order valence-corrected chi connectivity index (χ1v) is 6.50. The van der Waals surface area contributed by atoms with E-state index < -0.39 is 17.8 Å². The highest BCUT2D eigenvalue weighted by Gasteiger charge is 2.33. The Morgan fingerprint density at radius 1 is 1.38 bits per heavy atom. The van der Waals surface area contributed by atoms with Gasteiger partial charge in [0.25, 0.3) is 0 Å². The molecule has 21 heavy (non-hydrogen) atoms. The molecule has 0 saturated heterocycles. The molecule has 0 aliphatic rings. The Balaban J connectivity index is 1.97. The van der Waals surface area contributed by atoms with E-state index in [-0.39, 0.29) is 23.8 Å². The van der Waals surface area contributed by atoms with Crippen LogP contribution in [-0.2, 0) is 12.7 Å². The summed E-state index contributed by atoms with van der Waals surface area (Å²) in [5, 5.41) is 16.1. The third-order valence-electron chi connectivity index (χ3n) is 2.77. The van der Waals surface area contributed by atoms with Crippen LogP contribution < -0.4 is 5.32 Å². The van der Waals surface area contributed by atoms with Crippen LogP contribution in [0.15, 0.2) is 36.7 Å². The van der Waals surface area contributed by atoms with Crippen molar-refractivity contribution in [1.82, 2.24) is 9.78 Å². The molecule has 2 rings (SSSR count). The van der Waals surface area contributed by atoms with E-state index in [0.717, 1.165) is 6.07 Å². The predicted molar refractivity (Wildman–Crippen MR) is 73.2 cm³/mol. The third kappa shape index (κ3) is 4.37. The first-order valence-electron chi connectivity index (χ1n) is 6.12. The number of alkyl halides is 3. The van der Waals surface area contributed by atoms with Crippen molar-refractivity contribution in [3.8, 4) is 0 Å². The van der Waals surface area contributed by atoms with Crippen molar-refractivity contribution in [3.05, 3.63) is 47.2 Å². The van der Waals surface area contributed by atoms with Gasteiger partial charge in [0.15, 0.2) is 0 Å². The predicted octanol–water partition coefficient (Wildman–Crippen LogP) is 3.03. The van der Waals surface area contributed by atoms with Crippen LogP contribution in [-0.4, -0.2) is 27.5 Å². The van der Waals surface area contributed by atoms with E-state index in [1.54, 1.807) is 18.5 Å². The first-order chi connectivity index (χ1) is 9.86. The van der Waals surface area contributed by atoms with E-state index in [0.29, 0.717) is 0 Å². The van der Waals surface area contributed by atoms with Gasteiger partial charge in [-0.15, -0.1) is 0 Å². The van der Waals surface area contributed by atoms with E-state index in [1.165, 1.54) is 16.8 Å². The summed E-state index contributed by atoms with van der Waals surface area (Å²) in [5.74, 6) is 0. The van der Waals surface area contributed by atoms with Crippen molar-refractivity contribution in [3.63, 3.8) is 0 Å². The van der Waals surface area contributed by atoms with Gasteiger partial charge in [-0.25, -0.2) is 0 Å². The standard InChI is InChI=1S/C13H13ClF3N3O/c14-12-3-2-9(6-11(12)13(15,16)17)18-7-10(21)8-20-5-1-4-19-20/h1-6,10,18,21H,7-8H2. The Kier molecular flexibility index (Phi) is 4.74. The van der Waals surface area contributed by atoms with Gasteiger partial charge in [0.1, 0.15) is 0 Å². The second-order valence-electron chi connectivity index (χ2n) is 4.46. The highest BCUT2D eigenvalue weighted by molar-refractivity contribution is 6.31. The van der Waals surface area contributed by atoms with Crippen LogP contribution >= 0.6 is 11.6 Å². The first kappa shape index (κ1) is 15.7. The summed E-state index contributed by atoms with van der Waals surface area (Å²) in [6.07, 6.45) is -2.03. The molecule has 0 aliphatic carbocycles. The lowest BCUT2D eigenvalue weighted by Crippen LogP contribution is -2.25. The molecule has 0 bridgehead atoms. The van der Waals surface area contributed by atoms with Gasteiger partial charge in [0.05, 0.1) is 23.2 Å². The SMILES string of the molecule is OC(CNc1ccc(Cl)c(C(F)(F)F)c1)Cn1cccn1. The Morgan fingerprint density at radius 3 is 2.76 bits per heavy atom. The largest absolute Gasteiger partial charge is 0.417 e. The zero-order chi connectivity index (χ0) is 15.5. The summed E-state index contributed by atoms with van der Waals surface area (Å²) < 4.78 is 39.7. The maximum atomic E-state index is 12.7. The van der Waals surface area contributed by atoms with Gasteiger partial charge in [-0.3, -0.25) is 4.68 Å². The number of hydrogen-bond donors (Lipinski definition) is 2. The molecule has 0 saturated carbocycles. The van der Waals surface area contributed by atoms with Crippen LogP contribution in [0.1, 0.15) is 5.56 Å². The van der Waals surface area contributed by atoms with Crippen molar-refractivity contribution in [2.45, 2.75) is 18.8 Å². The highest BCUT2D eigenvalue weighted by Crippen LogP contribution is 2.36. The molecule has 1 aromatic carbocycles. The molecule has 0 amide bonds. The fourth-order valence-electron chi connectivity index (χ4n) is 1.78. The van der Waals surface area contributed by atoms with Crippen LogP contribution in [0.25, 0.3) is 0 Å². The number of hydrogen-bond acceptors (Lipinski definition) is 3. The van der Waals surface area contributed by atoms with Crippen LogP contribution in [0.2, 0.25) is 5.02 Å². The fraction of sp³-hybridized carbons (Fsp3) is 0.308. The number of anilines is 1. The van der Waals surface area contributed by atoms with Gasteiger partial charge in [-0.1, -0.05) is 11.6 Å². The summed E-state index contributed by atoms with van der Waals surface area (Å²) in [5.41, 5.74) is -0.665. The maximum Gasteiger partial charge on any atom is 0.417 e. The zero-order valence-corrected chi connectivity index (χ0v) is 11.6. The molecule has 4 nitrogen and oxygen atoms in total. The number of halogens is 4. The summed E-state index contributed by atoms with van der Waals surface area (Å²) >= 11 is 5.53. The van der Waals surface area contributed by atoms with Crippen molar-refractivity contribution in [1.29, 1.82) is 0 Å². The molecule has 1 aromatic heterocycles. The lowest BCUT2D eigenvalue weighted by Gasteiger charge is -2.15. The Hall–Kier alpha value is -1.73. The molecule has 0 aliphatic heterocycles. The fourth-order valence-corrected chi connectivity index (χ4v) is 2.00. The van der Waals surface area contributed by atoms with E-state index in [2.05, 4.69) is 10.4 Å². The monoisotopic (exact) mass is 319 g/mol. The minimum absolute atomic E-state index is 0.0960. The second-order valence-corrected chi connectivity index (χ2v) is 4.86. The van der Waals surface area contributed by atoms with Crippen LogP contribution in [0.4, 0.5) is 18.9 Å². The third-order valence-corrected chi connectivity index (χ3v) is 3.10. The Labute approximate surface area is 124 Å². The summed E-state index contributed by atoms with van der Waals surface area (Å²) in [7, 11) is 0. The molecule has 2 aromatic rings. The van der Waals surface area contributed by atoms with E-state index >= 15 is 0 Å². The van der Waals surface area contributed by atoms with E-state index in [4.69, 9.17) is 11.6 Å². The molecular weight excluding hydrogens is 307 g/mol. The highest BCUT2D eigenvalue weighted by atomic mass is 35.5. The average Bonchev–Trinajstić information content (AvgIpc) is 2.89. The van der Waals surface area contributed by atoms with Gasteiger partial charge < -0.3 is 10.4 Å². The van der Waals surface area contributed by atoms with Crippen LogP contribution in [0, 0.1) is 0 Å². The van der Waals surface area contributed by atoms with Gasteiger partial charge in [0, 0.05) is 24.6 Å². The molecule has 0 fully saturated rings. The molecule has 1 heterocycles. The lowest BCUT2D eigenvalue weighted by molar-refractivity contribution is -0.137. The van der Waals surface area contributed by atoms with Crippen molar-refractivity contribution in [2.24, 2.45) is 0 Å². The van der Waals surface area contributed by atoms with Crippen molar-refractivity contribution in [2.75, 3.05) is 11.9 Å². The smallest absolute Gasteiger partial charge is 0.389 e. The quantitative estimate of drug-likeness (QED) is 0.890. The lowest BCUT2D eigenvalue weighted by atomic mass is 10.2. The van der Waals surface area contributed by atoms with Crippen LogP contribution in [0.5, 0.6) is 0 Å². The normalized spacial score (nSPS) is 13.2. The maximum absolute atomic E-state index is 12.7. The minimum Gasteiger partial charge on any atom is -0.389 e. The number of rotatable bonds is 5. The van der Waals surface area contributed by atoms with Gasteiger partial charge in [-0.2, -0.15) is 18.3 Å². The molecule has 1 unspecified atom stereocenters. The van der Waals surface area contributed by atoms with Gasteiger partial charge in [0.2, 0.25) is 0 Å². The number of aliphatic hydroxyl groups excluding tert-OH is 1. The van der Waals surface area contributed by atoms with Crippen molar-refractivity contribution < 1.29 is 18.3 Å². The second kappa shape index (κ2) is 6.36. The average molecular weight is 320 g/mol. The van der Waals surface area contributed by atoms with Crippen molar-refractivity contribution >= 4 is 17.3 Å². The molecular formula is C13H13ClF3N3O. The molecule has 0 spiro atoms. The number of aromatic nitrogens is 2. The van der Waals surface area contributed by atoms with Crippen LogP contribution in [0.3, 0.4) is 0 Å². The summed E-state index contributed by atoms with van der Waals surface area (Å²) in [4.78, 5) is 0. The number of benzene rings is 1. The Morgan fingerprint density at radius 2 is 2.14 bits per heavy atom. The van der Waals surface area contributed by atoms with E-state index in [9.17, 15) is 18.3 Å². The van der Waals surface area contributed by atoms with E-state index in [1.807, 2.05) is 0 Å². The molecule has 114 valence electrons.